The monoisotopic (exact) mass is 462 g/mol. The van der Waals surface area contributed by atoms with E-state index in [1.165, 1.54) is 12.1 Å². The summed E-state index contributed by atoms with van der Waals surface area (Å²) >= 11 is 7.75. The summed E-state index contributed by atoms with van der Waals surface area (Å²) in [6.45, 7) is 0. The van der Waals surface area contributed by atoms with Crippen LogP contribution >= 0.6 is 22.9 Å². The van der Waals surface area contributed by atoms with Crippen molar-refractivity contribution in [2.45, 2.75) is 48.2 Å². The number of nitrogens with one attached hydrogen (secondary N) is 1. The highest BCUT2D eigenvalue weighted by atomic mass is 35.5. The molecule has 4 aliphatic carbocycles. The van der Waals surface area contributed by atoms with Gasteiger partial charge in [0.15, 0.2) is 5.76 Å². The van der Waals surface area contributed by atoms with E-state index in [-0.39, 0.29) is 39.4 Å². The normalized spacial score (nSPS) is 27.5. The lowest BCUT2D eigenvalue weighted by Crippen LogP contribution is -2.76. The van der Waals surface area contributed by atoms with Crippen molar-refractivity contribution in [1.82, 2.24) is 10.3 Å². The molecule has 0 aliphatic heterocycles. The number of benzene rings is 1. The van der Waals surface area contributed by atoms with Gasteiger partial charge in [-0.1, -0.05) is 11.6 Å². The zero-order chi connectivity index (χ0) is 20.7. The molecule has 9 heteroatoms. The molecular weight excluding hydrogens is 444 g/mol. The molecule has 156 valence electrons. The van der Waals surface area contributed by atoms with Gasteiger partial charge in [-0.15, -0.1) is 11.3 Å². The fourth-order valence-electron chi connectivity index (χ4n) is 4.86. The molecule has 4 saturated carbocycles. The molecule has 4 fully saturated rings. The van der Waals surface area contributed by atoms with Crippen molar-refractivity contribution in [2.75, 3.05) is 5.75 Å². The summed E-state index contributed by atoms with van der Waals surface area (Å²) < 4.78 is 31.2. The SMILES string of the molecule is O=C(NC12CC(c3nc4ccc(Cl)cc4s3)(C1)C2)c1ccc(S(=O)(=O)CC2CC2)o1. The molecule has 0 atom stereocenters. The molecule has 4 aliphatic rings. The van der Waals surface area contributed by atoms with Gasteiger partial charge in [0.25, 0.3) is 5.91 Å². The number of rotatable bonds is 6. The van der Waals surface area contributed by atoms with E-state index in [1.54, 1.807) is 11.3 Å². The summed E-state index contributed by atoms with van der Waals surface area (Å²) in [6.07, 6.45) is 4.41. The van der Waals surface area contributed by atoms with E-state index in [1.807, 2.05) is 18.2 Å². The van der Waals surface area contributed by atoms with E-state index in [0.29, 0.717) is 5.02 Å². The molecule has 2 heterocycles. The van der Waals surface area contributed by atoms with Crippen LogP contribution in [0.3, 0.4) is 0 Å². The zero-order valence-electron chi connectivity index (χ0n) is 16.0. The number of nitrogens with zero attached hydrogens (tertiary/aromatic N) is 1. The van der Waals surface area contributed by atoms with Gasteiger partial charge in [-0.05, 0) is 68.4 Å². The molecule has 0 spiro atoms. The van der Waals surface area contributed by atoms with E-state index in [9.17, 15) is 13.2 Å². The average Bonchev–Trinajstić information content (AvgIpc) is 3.14. The predicted octanol–water partition coefficient (Wildman–Crippen LogP) is 4.33. The first-order valence-corrected chi connectivity index (χ1v) is 12.8. The molecule has 0 radical (unpaired) electrons. The van der Waals surface area contributed by atoms with Gasteiger partial charge in [-0.25, -0.2) is 13.4 Å². The quantitative estimate of drug-likeness (QED) is 0.588. The second-order valence-corrected chi connectivity index (χ2v) is 12.5. The highest BCUT2D eigenvalue weighted by molar-refractivity contribution is 7.91. The third-order valence-electron chi connectivity index (χ3n) is 6.48. The summed E-state index contributed by atoms with van der Waals surface area (Å²) in [7, 11) is -3.46. The van der Waals surface area contributed by atoms with Gasteiger partial charge in [0, 0.05) is 16.0 Å². The minimum absolute atomic E-state index is 0.0331. The zero-order valence-corrected chi connectivity index (χ0v) is 18.4. The molecule has 2 aromatic heterocycles. The van der Waals surface area contributed by atoms with Crippen LogP contribution in [-0.4, -0.2) is 30.6 Å². The Bertz CT molecular complexity index is 1290. The second kappa shape index (κ2) is 6.08. The summed E-state index contributed by atoms with van der Waals surface area (Å²) in [4.78, 5) is 17.4. The minimum Gasteiger partial charge on any atom is -0.440 e. The molecule has 7 rings (SSSR count). The minimum atomic E-state index is -3.46. The van der Waals surface area contributed by atoms with E-state index in [0.717, 1.165) is 47.3 Å². The van der Waals surface area contributed by atoms with E-state index < -0.39 is 9.84 Å². The first-order valence-electron chi connectivity index (χ1n) is 9.98. The maximum Gasteiger partial charge on any atom is 0.287 e. The lowest BCUT2D eigenvalue weighted by atomic mass is 9.39. The Morgan fingerprint density at radius 2 is 2.00 bits per heavy atom. The number of sulfone groups is 1. The van der Waals surface area contributed by atoms with E-state index in [2.05, 4.69) is 5.32 Å². The summed E-state index contributed by atoms with van der Waals surface area (Å²) in [5, 5.41) is 4.75. The second-order valence-electron chi connectivity index (χ2n) is 9.02. The maximum absolute atomic E-state index is 12.6. The molecule has 1 aromatic carbocycles. The fraction of sp³-hybridized carbons (Fsp3) is 0.429. The van der Waals surface area contributed by atoms with Crippen molar-refractivity contribution in [1.29, 1.82) is 0 Å². The molecule has 0 unspecified atom stereocenters. The number of hydrogen-bond donors (Lipinski definition) is 1. The van der Waals surface area contributed by atoms with Crippen LogP contribution in [0.2, 0.25) is 5.02 Å². The first-order chi connectivity index (χ1) is 14.3. The Balaban J connectivity index is 1.13. The van der Waals surface area contributed by atoms with Gasteiger partial charge >= 0.3 is 0 Å². The highest BCUT2D eigenvalue weighted by Gasteiger charge is 2.70. The van der Waals surface area contributed by atoms with Crippen molar-refractivity contribution in [2.24, 2.45) is 5.92 Å². The fourth-order valence-corrected chi connectivity index (χ4v) is 7.90. The number of furan rings is 1. The molecule has 6 nitrogen and oxygen atoms in total. The molecular formula is C21H19ClN2O4S2. The Hall–Kier alpha value is -1.90. The highest BCUT2D eigenvalue weighted by Crippen LogP contribution is 2.68. The Kier molecular flexibility index (Phi) is 3.82. The molecule has 30 heavy (non-hydrogen) atoms. The van der Waals surface area contributed by atoms with Crippen LogP contribution in [0.4, 0.5) is 0 Å². The van der Waals surface area contributed by atoms with Crippen LogP contribution in [0.15, 0.2) is 39.8 Å². The molecule has 1 amide bonds. The Morgan fingerprint density at radius 1 is 1.23 bits per heavy atom. The number of amides is 1. The smallest absolute Gasteiger partial charge is 0.287 e. The van der Waals surface area contributed by atoms with Crippen LogP contribution in [0.5, 0.6) is 0 Å². The van der Waals surface area contributed by atoms with Crippen molar-refractivity contribution >= 4 is 48.9 Å². The first kappa shape index (κ1) is 18.8. The van der Waals surface area contributed by atoms with Crippen LogP contribution in [0.1, 0.15) is 47.7 Å². The van der Waals surface area contributed by atoms with Crippen molar-refractivity contribution in [3.05, 3.63) is 46.1 Å². The lowest BCUT2D eigenvalue weighted by Gasteiger charge is -2.69. The summed E-state index contributed by atoms with van der Waals surface area (Å²) in [5.41, 5.74) is 0.746. The number of thiazole rings is 1. The van der Waals surface area contributed by atoms with Gasteiger partial charge in [-0.3, -0.25) is 4.79 Å². The van der Waals surface area contributed by atoms with Crippen LogP contribution < -0.4 is 5.32 Å². The molecule has 0 saturated heterocycles. The molecule has 1 N–H and O–H groups in total. The van der Waals surface area contributed by atoms with Gasteiger partial charge in [0.05, 0.1) is 16.0 Å². The number of carbonyl (C=O) groups excluding carboxylic acids is 1. The van der Waals surface area contributed by atoms with Crippen molar-refractivity contribution in [3.8, 4) is 0 Å². The molecule has 3 aromatic rings. The number of halogens is 1. The number of fused-ring (bicyclic) bond motifs is 1. The number of aromatic nitrogens is 1. The van der Waals surface area contributed by atoms with Crippen LogP contribution in [-0.2, 0) is 15.3 Å². The summed E-state index contributed by atoms with van der Waals surface area (Å²) in [6, 6.07) is 8.56. The average molecular weight is 463 g/mol. The van der Waals surface area contributed by atoms with Crippen molar-refractivity contribution in [3.63, 3.8) is 0 Å². The van der Waals surface area contributed by atoms with Crippen LogP contribution in [0, 0.1) is 5.92 Å². The predicted molar refractivity (Wildman–Crippen MR) is 114 cm³/mol. The summed E-state index contributed by atoms with van der Waals surface area (Å²) in [5.74, 6) is 0.0272. The standard InChI is InChI=1S/C21H19ClN2O4S2/c22-13-3-4-14-16(7-13)29-19(23-14)20-9-21(10-20,11-20)24-18(25)15-5-6-17(28-15)30(26,27)8-12-1-2-12/h3-7,12H,1-2,8-11H2,(H,24,25). The van der Waals surface area contributed by atoms with Gasteiger partial charge in [0.1, 0.15) is 5.01 Å². The molecule has 2 bridgehead atoms. The van der Waals surface area contributed by atoms with Crippen LogP contribution in [0.25, 0.3) is 10.2 Å². The number of carbonyl (C=O) groups is 1. The lowest BCUT2D eigenvalue weighted by molar-refractivity contribution is -0.0811. The van der Waals surface area contributed by atoms with E-state index in [4.69, 9.17) is 21.0 Å². The third kappa shape index (κ3) is 2.92. The Labute approximate surface area is 182 Å². The van der Waals surface area contributed by atoms with E-state index >= 15 is 0 Å². The van der Waals surface area contributed by atoms with Crippen molar-refractivity contribution < 1.29 is 17.6 Å². The van der Waals surface area contributed by atoms with Gasteiger partial charge in [-0.2, -0.15) is 0 Å². The topological polar surface area (TPSA) is 89.3 Å². The largest absolute Gasteiger partial charge is 0.440 e. The van der Waals surface area contributed by atoms with Gasteiger partial charge in [0.2, 0.25) is 14.9 Å². The van der Waals surface area contributed by atoms with Gasteiger partial charge < -0.3 is 9.73 Å². The maximum atomic E-state index is 12.6. The number of hydrogen-bond acceptors (Lipinski definition) is 6. The third-order valence-corrected chi connectivity index (χ3v) is 9.72. The Morgan fingerprint density at radius 3 is 2.73 bits per heavy atom.